The van der Waals surface area contributed by atoms with Gasteiger partial charge in [-0.05, 0) is 41.7 Å². The van der Waals surface area contributed by atoms with Gasteiger partial charge in [-0.15, -0.1) is 0 Å². The molecule has 4 rings (SSSR count). The molecule has 6 heteroatoms. The summed E-state index contributed by atoms with van der Waals surface area (Å²) in [5, 5.41) is 3.59. The Kier molecular flexibility index (Phi) is 6.04. The van der Waals surface area contributed by atoms with Crippen LogP contribution in [0, 0.1) is 0 Å². The first kappa shape index (κ1) is 22.1. The molecular weight excluding hydrogens is 396 g/mol. The van der Waals surface area contributed by atoms with Crippen LogP contribution in [0.25, 0.3) is 0 Å². The van der Waals surface area contributed by atoms with Crippen molar-refractivity contribution in [3.63, 3.8) is 0 Å². The van der Waals surface area contributed by atoms with Gasteiger partial charge >= 0.3 is 0 Å². The van der Waals surface area contributed by atoms with E-state index in [1.54, 1.807) is 6.20 Å². The lowest BCUT2D eigenvalue weighted by Crippen LogP contribution is -2.27. The molecule has 0 amide bonds. The fourth-order valence-corrected chi connectivity index (χ4v) is 4.06. The van der Waals surface area contributed by atoms with Gasteiger partial charge < -0.3 is 16.0 Å². The normalized spacial score (nSPS) is 14.2. The van der Waals surface area contributed by atoms with Crippen molar-refractivity contribution in [1.82, 2.24) is 15.0 Å². The van der Waals surface area contributed by atoms with Gasteiger partial charge in [-0.25, -0.2) is 15.0 Å². The standard InChI is InChI=1S/C26H34N6/c1-17(2)23-30-22-13-16-32(25-21(27)7-6-14-28-25)15-12-20(22)24(31-23)29-19-10-8-18(9-11-19)26(3,4)5/h6-11,14,17H,12-13,15-16,27H2,1-5H3,(H,29,30,31). The fraction of sp³-hybridized carbons (Fsp3) is 0.423. The van der Waals surface area contributed by atoms with Crippen LogP contribution in [0.1, 0.15) is 63.2 Å². The number of nitrogens with two attached hydrogens (primary N) is 1. The quantitative estimate of drug-likeness (QED) is 0.590. The first-order chi connectivity index (χ1) is 15.2. The first-order valence-corrected chi connectivity index (χ1v) is 11.4. The lowest BCUT2D eigenvalue weighted by atomic mass is 9.87. The smallest absolute Gasteiger partial charge is 0.151 e. The Balaban J connectivity index is 1.65. The van der Waals surface area contributed by atoms with Gasteiger partial charge in [-0.3, -0.25) is 0 Å². The average molecular weight is 431 g/mol. The molecule has 2 aromatic heterocycles. The highest BCUT2D eigenvalue weighted by atomic mass is 15.2. The van der Waals surface area contributed by atoms with Crippen molar-refractivity contribution in [3.05, 3.63) is 65.2 Å². The molecule has 0 fully saturated rings. The predicted octanol–water partition coefficient (Wildman–Crippen LogP) is 5.22. The molecule has 1 aliphatic rings. The topological polar surface area (TPSA) is 80.0 Å². The summed E-state index contributed by atoms with van der Waals surface area (Å²) in [6.45, 7) is 12.6. The van der Waals surface area contributed by atoms with E-state index in [9.17, 15) is 0 Å². The number of aromatic nitrogens is 3. The third-order valence-corrected chi connectivity index (χ3v) is 6.01. The number of anilines is 4. The molecule has 0 saturated carbocycles. The molecule has 1 aromatic carbocycles. The van der Waals surface area contributed by atoms with E-state index >= 15 is 0 Å². The molecule has 3 N–H and O–H groups in total. The number of nitrogen functional groups attached to an aromatic ring is 1. The summed E-state index contributed by atoms with van der Waals surface area (Å²) in [6, 6.07) is 12.4. The number of nitrogens with zero attached hydrogens (tertiary/aromatic N) is 4. The van der Waals surface area contributed by atoms with Gasteiger partial charge in [0.15, 0.2) is 5.82 Å². The number of hydrogen-bond donors (Lipinski definition) is 2. The van der Waals surface area contributed by atoms with E-state index in [0.717, 1.165) is 54.8 Å². The van der Waals surface area contributed by atoms with Gasteiger partial charge in [0, 0.05) is 42.9 Å². The van der Waals surface area contributed by atoms with Crippen LogP contribution in [0.15, 0.2) is 42.6 Å². The average Bonchev–Trinajstić information content (AvgIpc) is 2.96. The van der Waals surface area contributed by atoms with E-state index in [1.165, 1.54) is 11.1 Å². The maximum Gasteiger partial charge on any atom is 0.151 e. The molecule has 3 aromatic rings. The molecule has 3 heterocycles. The van der Waals surface area contributed by atoms with Crippen LogP contribution in [0.5, 0.6) is 0 Å². The lowest BCUT2D eigenvalue weighted by Gasteiger charge is -2.22. The maximum absolute atomic E-state index is 6.20. The van der Waals surface area contributed by atoms with Crippen LogP contribution in [-0.4, -0.2) is 28.0 Å². The van der Waals surface area contributed by atoms with Gasteiger partial charge in [-0.1, -0.05) is 46.8 Å². The van der Waals surface area contributed by atoms with Crippen molar-refractivity contribution in [3.8, 4) is 0 Å². The highest BCUT2D eigenvalue weighted by Crippen LogP contribution is 2.30. The van der Waals surface area contributed by atoms with Crippen molar-refractivity contribution < 1.29 is 0 Å². The summed E-state index contributed by atoms with van der Waals surface area (Å²) in [6.07, 6.45) is 3.48. The summed E-state index contributed by atoms with van der Waals surface area (Å²) in [5.41, 5.74) is 11.7. The van der Waals surface area contributed by atoms with Crippen LogP contribution < -0.4 is 16.0 Å². The lowest BCUT2D eigenvalue weighted by molar-refractivity contribution is 0.590. The zero-order valence-electron chi connectivity index (χ0n) is 19.8. The van der Waals surface area contributed by atoms with Crippen molar-refractivity contribution in [2.45, 2.75) is 58.8 Å². The van der Waals surface area contributed by atoms with E-state index in [2.05, 4.69) is 74.1 Å². The minimum Gasteiger partial charge on any atom is -0.396 e. The van der Waals surface area contributed by atoms with Gasteiger partial charge in [0.1, 0.15) is 11.6 Å². The Labute approximate surface area is 191 Å². The van der Waals surface area contributed by atoms with E-state index in [0.29, 0.717) is 5.69 Å². The molecule has 6 nitrogen and oxygen atoms in total. The van der Waals surface area contributed by atoms with Gasteiger partial charge in [-0.2, -0.15) is 0 Å². The van der Waals surface area contributed by atoms with E-state index < -0.39 is 0 Å². The maximum atomic E-state index is 6.20. The number of rotatable bonds is 4. The largest absolute Gasteiger partial charge is 0.396 e. The molecular formula is C26H34N6. The highest BCUT2D eigenvalue weighted by molar-refractivity contribution is 5.64. The third-order valence-electron chi connectivity index (χ3n) is 6.01. The Hall–Kier alpha value is -3.15. The summed E-state index contributed by atoms with van der Waals surface area (Å²) in [7, 11) is 0. The summed E-state index contributed by atoms with van der Waals surface area (Å²) in [4.78, 5) is 16.6. The zero-order valence-corrected chi connectivity index (χ0v) is 19.8. The molecule has 0 spiro atoms. The summed E-state index contributed by atoms with van der Waals surface area (Å²) >= 11 is 0. The molecule has 168 valence electrons. The summed E-state index contributed by atoms with van der Waals surface area (Å²) in [5.74, 6) is 2.90. The summed E-state index contributed by atoms with van der Waals surface area (Å²) < 4.78 is 0. The highest BCUT2D eigenvalue weighted by Gasteiger charge is 2.23. The van der Waals surface area contributed by atoms with Crippen molar-refractivity contribution in [1.29, 1.82) is 0 Å². The van der Waals surface area contributed by atoms with Gasteiger partial charge in [0.25, 0.3) is 0 Å². The van der Waals surface area contributed by atoms with Crippen molar-refractivity contribution in [2.24, 2.45) is 0 Å². The second-order valence-electron chi connectivity index (χ2n) is 9.87. The minimum atomic E-state index is 0.131. The Morgan fingerprint density at radius 3 is 2.38 bits per heavy atom. The van der Waals surface area contributed by atoms with E-state index in [1.807, 2.05) is 12.1 Å². The second-order valence-corrected chi connectivity index (χ2v) is 9.87. The fourth-order valence-electron chi connectivity index (χ4n) is 4.06. The van der Waals surface area contributed by atoms with Gasteiger partial charge in [0.05, 0.1) is 11.4 Å². The molecule has 0 radical (unpaired) electrons. The Morgan fingerprint density at radius 2 is 1.72 bits per heavy atom. The molecule has 0 aliphatic carbocycles. The third kappa shape index (κ3) is 4.69. The van der Waals surface area contributed by atoms with Gasteiger partial charge in [0.2, 0.25) is 0 Å². The number of fused-ring (bicyclic) bond motifs is 1. The monoisotopic (exact) mass is 430 g/mol. The Bertz CT molecular complexity index is 1080. The SMILES string of the molecule is CC(C)c1nc2c(c(Nc3ccc(C(C)(C)C)cc3)n1)CCN(c1ncccc1N)CC2. The molecule has 1 aliphatic heterocycles. The van der Waals surface area contributed by atoms with Crippen LogP contribution in [0.4, 0.5) is 23.0 Å². The van der Waals surface area contributed by atoms with Crippen molar-refractivity contribution in [2.75, 3.05) is 29.0 Å². The van der Waals surface area contributed by atoms with E-state index in [4.69, 9.17) is 15.7 Å². The molecule has 0 atom stereocenters. The number of nitrogens with one attached hydrogen (secondary N) is 1. The number of hydrogen-bond acceptors (Lipinski definition) is 6. The first-order valence-electron chi connectivity index (χ1n) is 11.4. The molecule has 0 saturated heterocycles. The number of pyridine rings is 1. The van der Waals surface area contributed by atoms with Crippen molar-refractivity contribution >= 4 is 23.0 Å². The van der Waals surface area contributed by atoms with Crippen LogP contribution in [0.2, 0.25) is 0 Å². The van der Waals surface area contributed by atoms with Crippen LogP contribution >= 0.6 is 0 Å². The Morgan fingerprint density at radius 1 is 1.00 bits per heavy atom. The van der Waals surface area contributed by atoms with E-state index in [-0.39, 0.29) is 11.3 Å². The molecule has 32 heavy (non-hydrogen) atoms. The minimum absolute atomic E-state index is 0.131. The molecule has 0 bridgehead atoms. The number of benzene rings is 1. The molecule has 0 unspecified atom stereocenters. The van der Waals surface area contributed by atoms with Crippen LogP contribution in [-0.2, 0) is 18.3 Å². The second kappa shape index (κ2) is 8.77. The zero-order chi connectivity index (χ0) is 22.9. The van der Waals surface area contributed by atoms with Crippen LogP contribution in [0.3, 0.4) is 0 Å². The predicted molar refractivity (Wildman–Crippen MR) is 133 cm³/mol.